The molecule has 1 saturated heterocycles. The molecule has 6 rings (SSSR count). The van der Waals surface area contributed by atoms with E-state index in [1.807, 2.05) is 11.0 Å². The van der Waals surface area contributed by atoms with Crippen molar-refractivity contribution in [2.75, 3.05) is 30.3 Å². The first-order chi connectivity index (χ1) is 22.3. The first kappa shape index (κ1) is 31.0. The minimum Gasteiger partial charge on any atom is -0.463 e. The highest BCUT2D eigenvalue weighted by Crippen LogP contribution is 2.48. The van der Waals surface area contributed by atoms with Gasteiger partial charge in [-0.05, 0) is 30.7 Å². The van der Waals surface area contributed by atoms with Crippen LogP contribution in [0.4, 0.5) is 19.1 Å². The number of aromatic nitrogens is 4. The molecule has 2 aliphatic rings. The summed E-state index contributed by atoms with van der Waals surface area (Å²) < 4.78 is 50.2. The van der Waals surface area contributed by atoms with Crippen LogP contribution in [0.1, 0.15) is 40.5 Å². The second kappa shape index (κ2) is 13.5. The van der Waals surface area contributed by atoms with E-state index in [0.717, 1.165) is 12.4 Å². The fourth-order valence-electron chi connectivity index (χ4n) is 5.49. The van der Waals surface area contributed by atoms with Crippen molar-refractivity contribution < 1.29 is 22.7 Å². The van der Waals surface area contributed by atoms with Gasteiger partial charge in [-0.25, -0.2) is 33.1 Å². The van der Waals surface area contributed by atoms with Crippen molar-refractivity contribution in [2.45, 2.75) is 18.9 Å². The van der Waals surface area contributed by atoms with Crippen molar-refractivity contribution in [3.05, 3.63) is 107 Å². The molecule has 0 spiro atoms. The molecule has 46 heavy (non-hydrogen) atoms. The lowest BCUT2D eigenvalue weighted by atomic mass is 9.80. The third kappa shape index (κ3) is 6.65. The van der Waals surface area contributed by atoms with Gasteiger partial charge >= 0.3 is 0 Å². The number of aliphatic imine (C=N–C) groups is 1. The summed E-state index contributed by atoms with van der Waals surface area (Å²) in [6, 6.07) is 13.2. The summed E-state index contributed by atoms with van der Waals surface area (Å²) in [4.78, 5) is 36.5. The average Bonchev–Trinajstić information content (AvgIpc) is 3.46. The number of carbonyl (C=O) groups excluding carboxylic acids is 1. The van der Waals surface area contributed by atoms with E-state index >= 15 is 8.78 Å². The number of anilines is 1. The van der Waals surface area contributed by atoms with E-state index in [9.17, 15) is 9.18 Å². The number of halogens is 3. The van der Waals surface area contributed by atoms with Gasteiger partial charge in [-0.2, -0.15) is 0 Å². The number of Topliss-reactive ketones (excluding diaryl/α,β-unsaturated/α-hetero) is 1. The van der Waals surface area contributed by atoms with E-state index in [-0.39, 0.29) is 54.4 Å². The Morgan fingerprint density at radius 1 is 1.09 bits per heavy atom. The van der Waals surface area contributed by atoms with E-state index in [2.05, 4.69) is 31.8 Å². The second-order valence-electron chi connectivity index (χ2n) is 10.7. The second-order valence-corrected chi connectivity index (χ2v) is 11.8. The number of hydrogen-bond acceptors (Lipinski definition) is 9. The zero-order valence-corrected chi connectivity index (χ0v) is 25.5. The molecule has 2 aliphatic heterocycles. The van der Waals surface area contributed by atoms with Crippen molar-refractivity contribution in [1.29, 1.82) is 0 Å². The van der Waals surface area contributed by atoms with Crippen LogP contribution < -0.4 is 9.64 Å². The van der Waals surface area contributed by atoms with Crippen LogP contribution in [0.2, 0.25) is 0 Å². The summed E-state index contributed by atoms with van der Waals surface area (Å²) in [7, 11) is 0. The van der Waals surface area contributed by atoms with Crippen LogP contribution in [0.5, 0.6) is 5.88 Å². The smallest absolute Gasteiger partial charge is 0.233 e. The summed E-state index contributed by atoms with van der Waals surface area (Å²) in [5, 5.41) is 0.570. The van der Waals surface area contributed by atoms with Crippen molar-refractivity contribution in [3.8, 4) is 17.7 Å². The molecule has 0 amide bonds. The molecular formula is C34H27F3N6O2S. The lowest BCUT2D eigenvalue weighted by molar-refractivity contribution is 0.100. The number of ether oxygens (including phenoxy) is 1. The first-order valence-electron chi connectivity index (χ1n) is 14.4. The third-order valence-electron chi connectivity index (χ3n) is 7.71. The largest absolute Gasteiger partial charge is 0.463 e. The third-order valence-corrected chi connectivity index (χ3v) is 8.85. The average molecular weight is 641 g/mol. The zero-order chi connectivity index (χ0) is 32.1. The van der Waals surface area contributed by atoms with E-state index in [1.165, 1.54) is 42.4 Å². The lowest BCUT2D eigenvalue weighted by Gasteiger charge is -2.36. The number of nitrogens with zero attached hydrogens (tertiary/aromatic N) is 6. The van der Waals surface area contributed by atoms with Crippen molar-refractivity contribution >= 4 is 40.4 Å². The summed E-state index contributed by atoms with van der Waals surface area (Å²) in [5.41, 5.74) is 0.0283. The molecule has 232 valence electrons. The summed E-state index contributed by atoms with van der Waals surface area (Å²) in [5.74, 6) is 4.39. The monoisotopic (exact) mass is 640 g/mol. The van der Waals surface area contributed by atoms with Gasteiger partial charge in [0.25, 0.3) is 0 Å². The molecule has 4 heterocycles. The molecule has 8 nitrogen and oxygen atoms in total. The number of benzene rings is 2. The van der Waals surface area contributed by atoms with Gasteiger partial charge in [0, 0.05) is 29.3 Å². The van der Waals surface area contributed by atoms with Gasteiger partial charge in [-0.15, -0.1) is 17.7 Å². The van der Waals surface area contributed by atoms with Crippen LogP contribution in [0.3, 0.4) is 0 Å². The zero-order valence-electron chi connectivity index (χ0n) is 24.7. The highest BCUT2D eigenvalue weighted by atomic mass is 32.2. The Kier molecular flexibility index (Phi) is 9.12. The Morgan fingerprint density at radius 2 is 1.89 bits per heavy atom. The lowest BCUT2D eigenvalue weighted by Crippen LogP contribution is -2.39. The molecule has 2 aromatic heterocycles. The van der Waals surface area contributed by atoms with E-state index < -0.39 is 23.0 Å². The number of hydrogen-bond donors (Lipinski definition) is 0. The Labute approximate surface area is 267 Å². The fourth-order valence-corrected chi connectivity index (χ4v) is 6.73. The Balaban J connectivity index is 1.35. The normalized spacial score (nSPS) is 19.1. The van der Waals surface area contributed by atoms with E-state index in [1.54, 1.807) is 37.3 Å². The van der Waals surface area contributed by atoms with Gasteiger partial charge in [-0.1, -0.05) is 42.3 Å². The van der Waals surface area contributed by atoms with Crippen molar-refractivity contribution in [1.82, 2.24) is 19.9 Å². The minimum atomic E-state index is -1.14. The van der Waals surface area contributed by atoms with Crippen LogP contribution in [0.25, 0.3) is 11.9 Å². The minimum absolute atomic E-state index is 0.0230. The molecule has 12 heteroatoms. The Bertz CT molecular complexity index is 1860. The number of fused-ring (bicyclic) bond motifs is 1. The van der Waals surface area contributed by atoms with Crippen molar-refractivity contribution in [2.24, 2.45) is 10.9 Å². The number of rotatable bonds is 9. The van der Waals surface area contributed by atoms with Gasteiger partial charge < -0.3 is 9.64 Å². The highest BCUT2D eigenvalue weighted by Gasteiger charge is 2.52. The summed E-state index contributed by atoms with van der Waals surface area (Å²) >= 11 is 1.46. The molecule has 0 N–H and O–H groups in total. The molecule has 0 radical (unpaired) electrons. The van der Waals surface area contributed by atoms with E-state index in [0.29, 0.717) is 28.5 Å². The predicted molar refractivity (Wildman–Crippen MR) is 171 cm³/mol. The molecule has 4 aromatic rings. The standard InChI is InChI=1S/C34H27F3N6O2S/c1-2-3-11-45-31-18-38-29(17-39-31)28(37)13-22-9-10-27(36)26(12-22)34-21-43(33-40-15-25(35)16-41-33)19-24(34)20-46-32(42-34)14-30(44)23-7-5-4-6-8-23/h4-10,12-13,15-18,24H,11,14,19-21H2,1H3/b28-13-/t24-,34-/m0/s1. The molecule has 0 bridgehead atoms. The first-order valence-corrected chi connectivity index (χ1v) is 15.4. The number of carbonyl (C=O) groups is 1. The Morgan fingerprint density at radius 3 is 2.63 bits per heavy atom. The highest BCUT2D eigenvalue weighted by molar-refractivity contribution is 8.14. The van der Waals surface area contributed by atoms with Crippen LogP contribution in [0.15, 0.2) is 78.3 Å². The molecule has 0 saturated carbocycles. The maximum atomic E-state index is 15.9. The molecular weight excluding hydrogens is 613 g/mol. The van der Waals surface area contributed by atoms with E-state index in [4.69, 9.17) is 9.73 Å². The molecule has 2 atom stereocenters. The van der Waals surface area contributed by atoms with Gasteiger partial charge in [0.2, 0.25) is 11.8 Å². The number of thioether (sulfide) groups is 1. The molecule has 0 unspecified atom stereocenters. The Hall–Kier alpha value is -5.02. The maximum Gasteiger partial charge on any atom is 0.233 e. The van der Waals surface area contributed by atoms with Gasteiger partial charge in [0.1, 0.15) is 17.1 Å². The molecule has 1 fully saturated rings. The SMILES string of the molecule is CC#CCOc1cnc(/C(F)=C/c2ccc(F)c([C@]34CN(c5ncc(F)cn5)C[C@H]3CSC(CC(=O)c3ccccc3)=N4)c2)cn1. The quantitative estimate of drug-likeness (QED) is 0.159. The van der Waals surface area contributed by atoms with Crippen LogP contribution >= 0.6 is 11.8 Å². The summed E-state index contributed by atoms with van der Waals surface area (Å²) in [6.07, 6.45) is 6.00. The van der Waals surface area contributed by atoms with Crippen LogP contribution in [-0.4, -0.2) is 56.2 Å². The molecule has 0 aliphatic carbocycles. The van der Waals surface area contributed by atoms with Crippen LogP contribution in [-0.2, 0) is 5.54 Å². The fraction of sp³-hybridized carbons (Fsp3) is 0.235. The topological polar surface area (TPSA) is 93.5 Å². The van der Waals surface area contributed by atoms with Gasteiger partial charge in [0.15, 0.2) is 24.0 Å². The summed E-state index contributed by atoms with van der Waals surface area (Å²) in [6.45, 7) is 2.42. The predicted octanol–water partition coefficient (Wildman–Crippen LogP) is 6.16. The van der Waals surface area contributed by atoms with Gasteiger partial charge in [-0.3, -0.25) is 9.79 Å². The van der Waals surface area contributed by atoms with Crippen LogP contribution in [0, 0.1) is 29.4 Å². The molecule has 2 aromatic carbocycles. The number of ketones is 1. The van der Waals surface area contributed by atoms with Gasteiger partial charge in [0.05, 0.1) is 42.8 Å². The maximum absolute atomic E-state index is 15.9. The van der Waals surface area contributed by atoms with Crippen molar-refractivity contribution in [3.63, 3.8) is 0 Å².